The monoisotopic (exact) mass is 418 g/mol. The molecule has 0 bridgehead atoms. The van der Waals surface area contributed by atoms with Gasteiger partial charge in [0.15, 0.2) is 6.10 Å². The number of hydroxylamine groups is 1. The summed E-state index contributed by atoms with van der Waals surface area (Å²) in [4.78, 5) is 34.0. The van der Waals surface area contributed by atoms with Crippen LogP contribution in [0.4, 0.5) is 11.4 Å². The minimum absolute atomic E-state index is 0.308. The van der Waals surface area contributed by atoms with Gasteiger partial charge < -0.3 is 9.15 Å². The van der Waals surface area contributed by atoms with Gasteiger partial charge in [-0.2, -0.15) is 0 Å². The number of carbonyl (C=O) groups excluding carboxylic acids is 2. The molecule has 0 N–H and O–H groups in total. The minimum atomic E-state index is -0.918. The number of hydrogen-bond donors (Lipinski definition) is 0. The smallest absolute Gasteiger partial charge is 0.266 e. The van der Waals surface area contributed by atoms with Crippen molar-refractivity contribution in [3.8, 4) is 5.75 Å². The van der Waals surface area contributed by atoms with Crippen molar-refractivity contribution >= 4 is 23.2 Å². The number of hydrogen-bond acceptors (Lipinski definition) is 6. The molecule has 7 heteroatoms. The van der Waals surface area contributed by atoms with Crippen LogP contribution in [-0.4, -0.2) is 24.5 Å². The van der Waals surface area contributed by atoms with Crippen LogP contribution in [0.1, 0.15) is 25.1 Å². The molecule has 0 aliphatic carbocycles. The number of fused-ring (bicyclic) bond motifs is 1. The van der Waals surface area contributed by atoms with E-state index in [1.54, 1.807) is 47.7 Å². The predicted molar refractivity (Wildman–Crippen MR) is 113 cm³/mol. The van der Waals surface area contributed by atoms with Crippen LogP contribution >= 0.6 is 0 Å². The molecule has 3 aromatic rings. The highest BCUT2D eigenvalue weighted by atomic mass is 16.7. The number of para-hydroxylation sites is 1. The van der Waals surface area contributed by atoms with E-state index in [0.29, 0.717) is 23.8 Å². The maximum Gasteiger partial charge on any atom is 0.266 e. The molecule has 2 aromatic carbocycles. The van der Waals surface area contributed by atoms with Crippen molar-refractivity contribution in [1.29, 1.82) is 0 Å². The van der Waals surface area contributed by atoms with Crippen LogP contribution in [0.15, 0.2) is 77.4 Å². The molecule has 31 heavy (non-hydrogen) atoms. The Morgan fingerprint density at radius 2 is 1.68 bits per heavy atom. The number of benzene rings is 2. The summed E-state index contributed by atoms with van der Waals surface area (Å²) in [5.74, 6) is -0.133. The third-order valence-electron chi connectivity index (χ3n) is 5.53. The summed E-state index contributed by atoms with van der Waals surface area (Å²) in [5.41, 5.74) is 1.25. The molecule has 3 atom stereocenters. The number of imide groups is 1. The Morgan fingerprint density at radius 3 is 2.35 bits per heavy atom. The first-order valence-electron chi connectivity index (χ1n) is 10.3. The molecule has 5 rings (SSSR count). The second-order valence-electron chi connectivity index (χ2n) is 7.53. The lowest BCUT2D eigenvalue weighted by Crippen LogP contribution is -2.37. The zero-order valence-electron chi connectivity index (χ0n) is 17.0. The fraction of sp³-hybridized carbons (Fsp3) is 0.250. The number of rotatable bonds is 6. The molecule has 0 unspecified atom stereocenters. The zero-order chi connectivity index (χ0) is 21.4. The summed E-state index contributed by atoms with van der Waals surface area (Å²) in [6.07, 6.45) is 1.54. The molecule has 0 saturated carbocycles. The van der Waals surface area contributed by atoms with Crippen molar-refractivity contribution in [2.24, 2.45) is 5.92 Å². The standard InChI is InChI=1S/C24H22N2O5/c1-2-14-29-18-12-10-16(11-13-18)25-23(27)20-21(19-9-6-15-30-19)26(31-22(20)24(25)28)17-7-4-3-5-8-17/h3-13,15,20-22H,2,14H2,1H3/t20-,21+,22-/m1/s1. The quantitative estimate of drug-likeness (QED) is 0.561. The van der Waals surface area contributed by atoms with Crippen molar-refractivity contribution in [2.75, 3.05) is 16.6 Å². The Morgan fingerprint density at radius 1 is 0.903 bits per heavy atom. The Hall–Kier alpha value is -3.58. The van der Waals surface area contributed by atoms with E-state index in [0.717, 1.165) is 12.1 Å². The van der Waals surface area contributed by atoms with E-state index in [2.05, 4.69) is 0 Å². The molecule has 7 nitrogen and oxygen atoms in total. The second kappa shape index (κ2) is 7.92. The van der Waals surface area contributed by atoms with Crippen molar-refractivity contribution < 1.29 is 23.6 Å². The Balaban J connectivity index is 1.47. The van der Waals surface area contributed by atoms with Gasteiger partial charge in [0, 0.05) is 0 Å². The highest BCUT2D eigenvalue weighted by Gasteiger charge is 2.61. The van der Waals surface area contributed by atoms with Gasteiger partial charge in [0.25, 0.3) is 5.91 Å². The first-order valence-corrected chi connectivity index (χ1v) is 10.3. The summed E-state index contributed by atoms with van der Waals surface area (Å²) in [5, 5.41) is 1.61. The van der Waals surface area contributed by atoms with Crippen molar-refractivity contribution in [3.63, 3.8) is 0 Å². The minimum Gasteiger partial charge on any atom is -0.494 e. The molecular formula is C24H22N2O5. The number of ether oxygens (including phenoxy) is 1. The van der Waals surface area contributed by atoms with Gasteiger partial charge >= 0.3 is 0 Å². The third-order valence-corrected chi connectivity index (χ3v) is 5.53. The highest BCUT2D eigenvalue weighted by Crippen LogP contribution is 2.47. The molecule has 3 heterocycles. The first kappa shape index (κ1) is 19.4. The Kier molecular flexibility index (Phi) is 4.95. The molecular weight excluding hydrogens is 396 g/mol. The van der Waals surface area contributed by atoms with E-state index < -0.39 is 18.1 Å². The van der Waals surface area contributed by atoms with Gasteiger partial charge in [-0.3, -0.25) is 14.4 Å². The maximum atomic E-state index is 13.5. The fourth-order valence-corrected chi connectivity index (χ4v) is 4.13. The fourth-order valence-electron chi connectivity index (χ4n) is 4.13. The summed E-state index contributed by atoms with van der Waals surface area (Å²) >= 11 is 0. The van der Waals surface area contributed by atoms with Gasteiger partial charge in [-0.15, -0.1) is 0 Å². The number of furan rings is 1. The van der Waals surface area contributed by atoms with Crippen molar-refractivity contribution in [2.45, 2.75) is 25.5 Å². The molecule has 2 saturated heterocycles. The van der Waals surface area contributed by atoms with Crippen LogP contribution in [-0.2, 0) is 14.4 Å². The summed E-state index contributed by atoms with van der Waals surface area (Å²) in [6, 6.07) is 19.4. The van der Waals surface area contributed by atoms with E-state index in [-0.39, 0.29) is 11.8 Å². The lowest BCUT2D eigenvalue weighted by molar-refractivity contribution is -0.126. The number of carbonyl (C=O) groups is 2. The molecule has 0 spiro atoms. The van der Waals surface area contributed by atoms with Gasteiger partial charge in [0.05, 0.1) is 24.2 Å². The maximum absolute atomic E-state index is 13.5. The molecule has 0 radical (unpaired) electrons. The molecule has 2 aliphatic heterocycles. The van der Waals surface area contributed by atoms with Crippen molar-refractivity contribution in [1.82, 2.24) is 0 Å². The van der Waals surface area contributed by atoms with Crippen LogP contribution in [0.3, 0.4) is 0 Å². The van der Waals surface area contributed by atoms with E-state index in [4.69, 9.17) is 14.0 Å². The summed E-state index contributed by atoms with van der Waals surface area (Å²) in [7, 11) is 0. The largest absolute Gasteiger partial charge is 0.494 e. The molecule has 2 amide bonds. The van der Waals surface area contributed by atoms with Gasteiger partial charge in [-0.1, -0.05) is 25.1 Å². The van der Waals surface area contributed by atoms with Crippen LogP contribution < -0.4 is 14.7 Å². The van der Waals surface area contributed by atoms with E-state index in [9.17, 15) is 9.59 Å². The Bertz CT molecular complexity index is 1070. The first-order chi connectivity index (χ1) is 15.2. The number of amides is 2. The average molecular weight is 418 g/mol. The molecule has 1 aromatic heterocycles. The normalized spacial score (nSPS) is 22.8. The van der Waals surface area contributed by atoms with Crippen LogP contribution in [0.5, 0.6) is 5.75 Å². The van der Waals surface area contributed by atoms with Crippen molar-refractivity contribution in [3.05, 3.63) is 78.8 Å². The Labute approximate surface area is 179 Å². The van der Waals surface area contributed by atoms with Crippen LogP contribution in [0, 0.1) is 5.92 Å². The summed E-state index contributed by atoms with van der Waals surface area (Å²) in [6.45, 7) is 2.64. The van der Waals surface area contributed by atoms with Crippen LogP contribution in [0.25, 0.3) is 0 Å². The van der Waals surface area contributed by atoms with E-state index in [1.165, 1.54) is 4.90 Å². The predicted octanol–water partition coefficient (Wildman–Crippen LogP) is 4.12. The van der Waals surface area contributed by atoms with Gasteiger partial charge in [-0.25, -0.2) is 9.96 Å². The summed E-state index contributed by atoms with van der Waals surface area (Å²) < 4.78 is 11.2. The lowest BCUT2D eigenvalue weighted by atomic mass is 9.94. The molecule has 158 valence electrons. The lowest BCUT2D eigenvalue weighted by Gasteiger charge is -2.27. The average Bonchev–Trinajstić information content (AvgIpc) is 3.51. The SMILES string of the molecule is CCCOc1ccc(N2C(=O)[C@H]3[C@@H](ON(c4ccccc4)[C@H]3c3ccco3)C2=O)cc1. The topological polar surface area (TPSA) is 72.2 Å². The van der Waals surface area contributed by atoms with Gasteiger partial charge in [-0.05, 0) is 55.0 Å². The van der Waals surface area contributed by atoms with Gasteiger partial charge in [0.1, 0.15) is 23.5 Å². The van der Waals surface area contributed by atoms with Gasteiger partial charge in [0.2, 0.25) is 5.91 Å². The zero-order valence-corrected chi connectivity index (χ0v) is 17.0. The third kappa shape index (κ3) is 3.27. The molecule has 2 aliphatic rings. The number of anilines is 2. The molecule has 2 fully saturated rings. The highest BCUT2D eigenvalue weighted by molar-refractivity contribution is 6.23. The second-order valence-corrected chi connectivity index (χ2v) is 7.53. The van der Waals surface area contributed by atoms with E-state index >= 15 is 0 Å². The van der Waals surface area contributed by atoms with E-state index in [1.807, 2.05) is 37.3 Å². The number of nitrogens with zero attached hydrogens (tertiary/aromatic N) is 2. The van der Waals surface area contributed by atoms with Crippen LogP contribution in [0.2, 0.25) is 0 Å².